The Labute approximate surface area is 142 Å². The van der Waals surface area contributed by atoms with Crippen LogP contribution in [0, 0.1) is 0 Å². The Morgan fingerprint density at radius 1 is 1.25 bits per heavy atom. The molecule has 0 aliphatic rings. The molecule has 0 bridgehead atoms. The molecule has 0 amide bonds. The number of nitrogens with one attached hydrogen (secondary N) is 1. The van der Waals surface area contributed by atoms with E-state index >= 15 is 0 Å². The van der Waals surface area contributed by atoms with Crippen molar-refractivity contribution in [2.45, 2.75) is 13.1 Å². The summed E-state index contributed by atoms with van der Waals surface area (Å²) < 4.78 is 7.37. The molecule has 0 aliphatic carbocycles. The van der Waals surface area contributed by atoms with Crippen molar-refractivity contribution in [1.29, 1.82) is 0 Å². The van der Waals surface area contributed by atoms with Gasteiger partial charge in [-0.15, -0.1) is 5.10 Å². The van der Waals surface area contributed by atoms with E-state index in [1.54, 1.807) is 29.1 Å². The number of anilines is 1. The van der Waals surface area contributed by atoms with E-state index in [0.717, 1.165) is 11.3 Å². The van der Waals surface area contributed by atoms with Crippen molar-refractivity contribution in [2.24, 2.45) is 0 Å². The molecule has 3 heterocycles. The van der Waals surface area contributed by atoms with Crippen molar-refractivity contribution in [2.75, 3.05) is 5.32 Å². The SMILES string of the molecule is Clc1ccc2oc(NCc3cn(Cc4cccnc4)nn3)nc2c1. The fourth-order valence-electron chi connectivity index (χ4n) is 2.32. The van der Waals surface area contributed by atoms with Gasteiger partial charge in [0, 0.05) is 17.4 Å². The minimum atomic E-state index is 0.425. The minimum Gasteiger partial charge on any atom is -0.424 e. The summed E-state index contributed by atoms with van der Waals surface area (Å²) >= 11 is 5.94. The quantitative estimate of drug-likeness (QED) is 0.601. The van der Waals surface area contributed by atoms with E-state index in [-0.39, 0.29) is 0 Å². The number of hydrogen-bond acceptors (Lipinski definition) is 6. The van der Waals surface area contributed by atoms with E-state index in [1.165, 1.54) is 0 Å². The molecule has 8 heteroatoms. The molecule has 4 rings (SSSR count). The Morgan fingerprint density at radius 2 is 2.21 bits per heavy atom. The lowest BCUT2D eigenvalue weighted by molar-refractivity contribution is 0.613. The molecule has 1 N–H and O–H groups in total. The molecule has 4 aromatic rings. The summed E-state index contributed by atoms with van der Waals surface area (Å²) in [4.78, 5) is 8.42. The van der Waals surface area contributed by atoms with Gasteiger partial charge in [0.1, 0.15) is 11.2 Å². The number of nitrogens with zero attached hydrogens (tertiary/aromatic N) is 5. The summed E-state index contributed by atoms with van der Waals surface area (Å²) in [5, 5.41) is 12.0. The summed E-state index contributed by atoms with van der Waals surface area (Å²) in [5.74, 6) is 0. The second kappa shape index (κ2) is 6.29. The maximum Gasteiger partial charge on any atom is 0.296 e. The van der Waals surface area contributed by atoms with Crippen molar-refractivity contribution in [1.82, 2.24) is 25.0 Å². The zero-order valence-corrected chi connectivity index (χ0v) is 13.3. The second-order valence-corrected chi connectivity index (χ2v) is 5.69. The van der Waals surface area contributed by atoms with Gasteiger partial charge < -0.3 is 9.73 Å². The van der Waals surface area contributed by atoms with E-state index in [1.807, 2.05) is 24.5 Å². The van der Waals surface area contributed by atoms with Crippen LogP contribution in [0.5, 0.6) is 0 Å². The van der Waals surface area contributed by atoms with Gasteiger partial charge in [-0.2, -0.15) is 4.98 Å². The summed E-state index contributed by atoms with van der Waals surface area (Å²) in [6, 6.07) is 9.64. The first-order valence-electron chi connectivity index (χ1n) is 7.34. The number of rotatable bonds is 5. The van der Waals surface area contributed by atoms with Gasteiger partial charge in [-0.1, -0.05) is 22.9 Å². The Balaban J connectivity index is 1.42. The molecular formula is C16H13ClN6O. The Hall–Kier alpha value is -2.93. The molecule has 120 valence electrons. The third-order valence-corrected chi connectivity index (χ3v) is 3.66. The summed E-state index contributed by atoms with van der Waals surface area (Å²) in [6.45, 7) is 1.09. The number of hydrogen-bond donors (Lipinski definition) is 1. The Bertz CT molecular complexity index is 965. The predicted molar refractivity (Wildman–Crippen MR) is 89.7 cm³/mol. The molecule has 0 fully saturated rings. The average Bonchev–Trinajstić information content (AvgIpc) is 3.20. The van der Waals surface area contributed by atoms with E-state index in [9.17, 15) is 0 Å². The molecule has 3 aromatic heterocycles. The van der Waals surface area contributed by atoms with Crippen molar-refractivity contribution < 1.29 is 4.42 Å². The van der Waals surface area contributed by atoms with Gasteiger partial charge >= 0.3 is 0 Å². The third kappa shape index (κ3) is 3.21. The van der Waals surface area contributed by atoms with Gasteiger partial charge in [0.25, 0.3) is 6.01 Å². The van der Waals surface area contributed by atoms with Crippen LogP contribution in [-0.2, 0) is 13.1 Å². The standard InChI is InChI=1S/C16H13ClN6O/c17-12-3-4-15-14(6-12)20-16(24-15)19-8-13-10-23(22-21-13)9-11-2-1-5-18-7-11/h1-7,10H,8-9H2,(H,19,20). The van der Waals surface area contributed by atoms with Crippen LogP contribution in [0.2, 0.25) is 5.02 Å². The van der Waals surface area contributed by atoms with Crippen LogP contribution in [-0.4, -0.2) is 25.0 Å². The van der Waals surface area contributed by atoms with Gasteiger partial charge in [0.05, 0.1) is 19.3 Å². The molecule has 0 saturated carbocycles. The van der Waals surface area contributed by atoms with Crippen molar-refractivity contribution >= 4 is 28.7 Å². The third-order valence-electron chi connectivity index (χ3n) is 3.42. The lowest BCUT2D eigenvalue weighted by Gasteiger charge is -1.99. The maximum absolute atomic E-state index is 5.94. The molecule has 0 unspecified atom stereocenters. The molecule has 0 spiro atoms. The number of halogens is 1. The monoisotopic (exact) mass is 340 g/mol. The smallest absolute Gasteiger partial charge is 0.296 e. The molecule has 0 radical (unpaired) electrons. The predicted octanol–water partition coefficient (Wildman–Crippen LogP) is 3.13. The normalized spacial score (nSPS) is 11.0. The largest absolute Gasteiger partial charge is 0.424 e. The van der Waals surface area contributed by atoms with Crippen LogP contribution >= 0.6 is 11.6 Å². The molecular weight excluding hydrogens is 328 g/mol. The Morgan fingerprint density at radius 3 is 3.08 bits per heavy atom. The number of pyridine rings is 1. The number of aromatic nitrogens is 5. The van der Waals surface area contributed by atoms with Crippen LogP contribution in [0.1, 0.15) is 11.3 Å². The maximum atomic E-state index is 5.94. The molecule has 0 atom stereocenters. The van der Waals surface area contributed by atoms with E-state index in [4.69, 9.17) is 16.0 Å². The molecule has 0 aliphatic heterocycles. The van der Waals surface area contributed by atoms with E-state index in [2.05, 4.69) is 25.6 Å². The molecule has 1 aromatic carbocycles. The van der Waals surface area contributed by atoms with Crippen LogP contribution < -0.4 is 5.32 Å². The van der Waals surface area contributed by atoms with Crippen LogP contribution in [0.4, 0.5) is 6.01 Å². The van der Waals surface area contributed by atoms with Crippen molar-refractivity contribution in [3.63, 3.8) is 0 Å². The first-order valence-corrected chi connectivity index (χ1v) is 7.72. The molecule has 7 nitrogen and oxygen atoms in total. The van der Waals surface area contributed by atoms with E-state index < -0.39 is 0 Å². The topological polar surface area (TPSA) is 81.7 Å². The fourth-order valence-corrected chi connectivity index (χ4v) is 2.48. The minimum absolute atomic E-state index is 0.425. The highest BCUT2D eigenvalue weighted by molar-refractivity contribution is 6.31. The number of oxazole rings is 1. The van der Waals surface area contributed by atoms with Crippen LogP contribution in [0.25, 0.3) is 11.1 Å². The number of benzene rings is 1. The average molecular weight is 341 g/mol. The highest BCUT2D eigenvalue weighted by Crippen LogP contribution is 2.22. The van der Waals surface area contributed by atoms with E-state index in [0.29, 0.717) is 35.2 Å². The highest BCUT2D eigenvalue weighted by Gasteiger charge is 2.07. The fraction of sp³-hybridized carbons (Fsp3) is 0.125. The summed E-state index contributed by atoms with van der Waals surface area (Å²) in [7, 11) is 0. The molecule has 0 saturated heterocycles. The van der Waals surface area contributed by atoms with Crippen LogP contribution in [0.3, 0.4) is 0 Å². The highest BCUT2D eigenvalue weighted by atomic mass is 35.5. The summed E-state index contributed by atoms with van der Waals surface area (Å²) in [5.41, 5.74) is 3.25. The van der Waals surface area contributed by atoms with Gasteiger partial charge in [-0.05, 0) is 29.8 Å². The Kier molecular flexibility index (Phi) is 3.84. The van der Waals surface area contributed by atoms with Crippen molar-refractivity contribution in [3.05, 3.63) is 65.2 Å². The van der Waals surface area contributed by atoms with Gasteiger partial charge in [-0.3, -0.25) is 4.98 Å². The zero-order chi connectivity index (χ0) is 16.4. The summed E-state index contributed by atoms with van der Waals surface area (Å²) in [6.07, 6.45) is 5.43. The first kappa shape index (κ1) is 14.6. The lowest BCUT2D eigenvalue weighted by atomic mass is 10.3. The first-order chi connectivity index (χ1) is 11.8. The zero-order valence-electron chi connectivity index (χ0n) is 12.6. The number of fused-ring (bicyclic) bond motifs is 1. The molecule has 24 heavy (non-hydrogen) atoms. The van der Waals surface area contributed by atoms with Gasteiger partial charge in [0.2, 0.25) is 0 Å². The van der Waals surface area contributed by atoms with Gasteiger partial charge in [0.15, 0.2) is 5.58 Å². The van der Waals surface area contributed by atoms with Crippen LogP contribution in [0.15, 0.2) is 53.3 Å². The lowest BCUT2D eigenvalue weighted by Crippen LogP contribution is -2.01. The van der Waals surface area contributed by atoms with Crippen molar-refractivity contribution in [3.8, 4) is 0 Å². The second-order valence-electron chi connectivity index (χ2n) is 5.25. The van der Waals surface area contributed by atoms with Gasteiger partial charge in [-0.25, -0.2) is 4.68 Å².